The molecule has 0 saturated heterocycles. The van der Waals surface area contributed by atoms with Crippen molar-refractivity contribution in [2.45, 2.75) is 0 Å². The maximum atomic E-state index is 12.2. The number of anilines is 2. The van der Waals surface area contributed by atoms with Gasteiger partial charge in [0, 0.05) is 12.4 Å². The molecule has 0 radical (unpaired) electrons. The lowest BCUT2D eigenvalue weighted by atomic mass is 10.2. The Morgan fingerprint density at radius 3 is 2.95 bits per heavy atom. The standard InChI is InChI=1S/C12H12N6O/c1-18-9-5-3-2-4-7(9)10(17-18)12(19)15-11-8(13)6-14-16-11/h2-6H,13H2,1H3,(H2,14,15,16,19). The van der Waals surface area contributed by atoms with Crippen LogP contribution in [0.5, 0.6) is 0 Å². The van der Waals surface area contributed by atoms with Crippen molar-refractivity contribution in [3.05, 3.63) is 36.2 Å². The molecule has 0 unspecified atom stereocenters. The molecule has 1 amide bonds. The third-order valence-corrected chi connectivity index (χ3v) is 2.88. The van der Waals surface area contributed by atoms with Crippen LogP contribution in [0.15, 0.2) is 30.5 Å². The van der Waals surface area contributed by atoms with Gasteiger partial charge in [0.2, 0.25) is 0 Å². The number of rotatable bonds is 2. The lowest BCUT2D eigenvalue weighted by molar-refractivity contribution is 0.102. The number of nitrogens with one attached hydrogen (secondary N) is 2. The third kappa shape index (κ3) is 1.81. The normalized spacial score (nSPS) is 10.8. The van der Waals surface area contributed by atoms with Crippen molar-refractivity contribution in [3.8, 4) is 0 Å². The summed E-state index contributed by atoms with van der Waals surface area (Å²) < 4.78 is 1.67. The van der Waals surface area contributed by atoms with Crippen LogP contribution in [0, 0.1) is 0 Å². The van der Waals surface area contributed by atoms with Gasteiger partial charge in [0.15, 0.2) is 11.5 Å². The zero-order valence-corrected chi connectivity index (χ0v) is 10.2. The topological polar surface area (TPSA) is 102 Å². The molecule has 0 saturated carbocycles. The van der Waals surface area contributed by atoms with Crippen molar-refractivity contribution in [3.63, 3.8) is 0 Å². The molecule has 1 aromatic carbocycles. The van der Waals surface area contributed by atoms with Crippen LogP contribution < -0.4 is 11.1 Å². The Balaban J connectivity index is 2.01. The minimum Gasteiger partial charge on any atom is -0.394 e. The highest BCUT2D eigenvalue weighted by Crippen LogP contribution is 2.19. The van der Waals surface area contributed by atoms with Crippen LogP contribution in [-0.4, -0.2) is 25.9 Å². The summed E-state index contributed by atoms with van der Waals surface area (Å²) in [6, 6.07) is 7.53. The fraction of sp³-hybridized carbons (Fsp3) is 0.0833. The zero-order chi connectivity index (χ0) is 13.4. The van der Waals surface area contributed by atoms with E-state index in [9.17, 15) is 4.79 Å². The molecule has 2 heterocycles. The van der Waals surface area contributed by atoms with E-state index in [0.717, 1.165) is 10.9 Å². The Morgan fingerprint density at radius 1 is 1.42 bits per heavy atom. The molecule has 0 aliphatic heterocycles. The van der Waals surface area contributed by atoms with E-state index >= 15 is 0 Å². The van der Waals surface area contributed by atoms with Crippen molar-refractivity contribution in [1.29, 1.82) is 0 Å². The number of H-pyrrole nitrogens is 1. The molecule has 7 heteroatoms. The van der Waals surface area contributed by atoms with Gasteiger partial charge < -0.3 is 11.1 Å². The summed E-state index contributed by atoms with van der Waals surface area (Å²) in [5, 5.41) is 14.0. The van der Waals surface area contributed by atoms with E-state index in [1.54, 1.807) is 11.7 Å². The maximum absolute atomic E-state index is 12.2. The predicted molar refractivity (Wildman–Crippen MR) is 71.7 cm³/mol. The maximum Gasteiger partial charge on any atom is 0.278 e. The molecule has 0 fully saturated rings. The van der Waals surface area contributed by atoms with Gasteiger partial charge in [-0.2, -0.15) is 10.2 Å². The van der Waals surface area contributed by atoms with Gasteiger partial charge in [0.25, 0.3) is 5.91 Å². The second kappa shape index (κ2) is 4.13. The van der Waals surface area contributed by atoms with E-state index in [1.165, 1.54) is 6.20 Å². The van der Waals surface area contributed by atoms with Crippen LogP contribution in [0.25, 0.3) is 10.9 Å². The van der Waals surface area contributed by atoms with E-state index in [0.29, 0.717) is 17.2 Å². The first-order valence-electron chi connectivity index (χ1n) is 5.69. The van der Waals surface area contributed by atoms with Crippen molar-refractivity contribution < 1.29 is 4.79 Å². The molecule has 3 aromatic rings. The average molecular weight is 256 g/mol. The van der Waals surface area contributed by atoms with Crippen LogP contribution >= 0.6 is 0 Å². The molecule has 0 bridgehead atoms. The summed E-state index contributed by atoms with van der Waals surface area (Å²) in [7, 11) is 1.80. The second-order valence-electron chi connectivity index (χ2n) is 4.14. The number of aromatic nitrogens is 4. The average Bonchev–Trinajstić information content (AvgIpc) is 2.95. The Hall–Kier alpha value is -2.83. The van der Waals surface area contributed by atoms with Crippen molar-refractivity contribution in [1.82, 2.24) is 20.0 Å². The number of benzene rings is 1. The first-order chi connectivity index (χ1) is 9.16. The van der Waals surface area contributed by atoms with Crippen LogP contribution in [0.1, 0.15) is 10.5 Å². The molecule has 19 heavy (non-hydrogen) atoms. The van der Waals surface area contributed by atoms with Crippen LogP contribution in [0.2, 0.25) is 0 Å². The Kier molecular flexibility index (Phi) is 2.45. The smallest absolute Gasteiger partial charge is 0.278 e. The Morgan fingerprint density at radius 2 is 2.21 bits per heavy atom. The molecule has 3 rings (SSSR count). The first-order valence-corrected chi connectivity index (χ1v) is 5.69. The van der Waals surface area contributed by atoms with E-state index in [2.05, 4.69) is 20.6 Å². The predicted octanol–water partition coefficient (Wildman–Crippen LogP) is 1.13. The summed E-state index contributed by atoms with van der Waals surface area (Å²) in [6.07, 6.45) is 1.44. The lowest BCUT2D eigenvalue weighted by Crippen LogP contribution is -2.14. The number of amides is 1. The number of aryl methyl sites for hydroxylation is 1. The number of hydrogen-bond acceptors (Lipinski definition) is 4. The van der Waals surface area contributed by atoms with Crippen LogP contribution in [-0.2, 0) is 7.05 Å². The Bertz CT molecular complexity index is 757. The molecule has 96 valence electrons. The molecule has 0 spiro atoms. The van der Waals surface area contributed by atoms with E-state index < -0.39 is 0 Å². The van der Waals surface area contributed by atoms with E-state index in [1.807, 2.05) is 24.3 Å². The highest BCUT2D eigenvalue weighted by Gasteiger charge is 2.17. The lowest BCUT2D eigenvalue weighted by Gasteiger charge is -2.01. The summed E-state index contributed by atoms with van der Waals surface area (Å²) in [5.74, 6) is 0.0486. The molecule has 0 aliphatic rings. The van der Waals surface area contributed by atoms with Gasteiger partial charge in [-0.3, -0.25) is 14.6 Å². The number of nitrogen functional groups attached to an aromatic ring is 1. The van der Waals surface area contributed by atoms with Crippen molar-refractivity contribution >= 4 is 28.3 Å². The second-order valence-corrected chi connectivity index (χ2v) is 4.14. The minimum atomic E-state index is -0.326. The molecule has 7 nitrogen and oxygen atoms in total. The van der Waals surface area contributed by atoms with Gasteiger partial charge in [0.1, 0.15) is 0 Å². The summed E-state index contributed by atoms with van der Waals surface area (Å²) in [4.78, 5) is 12.2. The number of nitrogens with zero attached hydrogens (tertiary/aromatic N) is 3. The molecule has 0 atom stereocenters. The summed E-state index contributed by atoms with van der Waals surface area (Å²) >= 11 is 0. The summed E-state index contributed by atoms with van der Waals surface area (Å²) in [5.41, 5.74) is 7.28. The number of aromatic amines is 1. The van der Waals surface area contributed by atoms with Crippen LogP contribution in [0.3, 0.4) is 0 Å². The quantitative estimate of drug-likeness (QED) is 0.639. The largest absolute Gasteiger partial charge is 0.394 e. The van der Waals surface area contributed by atoms with Gasteiger partial charge in [-0.05, 0) is 6.07 Å². The van der Waals surface area contributed by atoms with Gasteiger partial charge >= 0.3 is 0 Å². The van der Waals surface area contributed by atoms with Gasteiger partial charge in [-0.15, -0.1) is 0 Å². The number of nitrogens with two attached hydrogens (primary N) is 1. The highest BCUT2D eigenvalue weighted by atomic mass is 16.2. The monoisotopic (exact) mass is 256 g/mol. The zero-order valence-electron chi connectivity index (χ0n) is 10.2. The fourth-order valence-electron chi connectivity index (χ4n) is 1.95. The first kappa shape index (κ1) is 11.3. The van der Waals surface area contributed by atoms with Crippen LogP contribution in [0.4, 0.5) is 11.5 Å². The number of carbonyl (C=O) groups is 1. The van der Waals surface area contributed by atoms with Gasteiger partial charge in [-0.1, -0.05) is 18.2 Å². The highest BCUT2D eigenvalue weighted by molar-refractivity contribution is 6.11. The summed E-state index contributed by atoms with van der Waals surface area (Å²) in [6.45, 7) is 0. The van der Waals surface area contributed by atoms with E-state index in [-0.39, 0.29) is 5.91 Å². The minimum absolute atomic E-state index is 0.326. The third-order valence-electron chi connectivity index (χ3n) is 2.88. The number of para-hydroxylation sites is 1. The fourth-order valence-corrected chi connectivity index (χ4v) is 1.95. The molecule has 2 aromatic heterocycles. The number of carbonyl (C=O) groups excluding carboxylic acids is 1. The molecular weight excluding hydrogens is 244 g/mol. The van der Waals surface area contributed by atoms with Gasteiger partial charge in [0.05, 0.1) is 17.4 Å². The molecular formula is C12H12N6O. The Labute approximate surface area is 108 Å². The van der Waals surface area contributed by atoms with Gasteiger partial charge in [-0.25, -0.2) is 0 Å². The van der Waals surface area contributed by atoms with E-state index in [4.69, 9.17) is 5.73 Å². The molecule has 0 aliphatic carbocycles. The number of fused-ring (bicyclic) bond motifs is 1. The number of hydrogen-bond donors (Lipinski definition) is 3. The van der Waals surface area contributed by atoms with Crippen molar-refractivity contribution in [2.24, 2.45) is 7.05 Å². The van der Waals surface area contributed by atoms with Crippen molar-refractivity contribution in [2.75, 3.05) is 11.1 Å². The SMILES string of the molecule is Cn1nc(C(=O)Nc2[nH]ncc2N)c2ccccc21. The molecule has 4 N–H and O–H groups in total.